The highest BCUT2D eigenvalue weighted by molar-refractivity contribution is 6.03. The van der Waals surface area contributed by atoms with E-state index in [2.05, 4.69) is 29.2 Å². The maximum Gasteiger partial charge on any atom is 0.323 e. The van der Waals surface area contributed by atoms with Crippen molar-refractivity contribution >= 4 is 17.8 Å². The van der Waals surface area contributed by atoms with E-state index < -0.39 is 6.03 Å². The Labute approximate surface area is 293 Å². The average molecular weight is 676 g/mol. The third kappa shape index (κ3) is 6.53. The van der Waals surface area contributed by atoms with Crippen molar-refractivity contribution in [1.29, 1.82) is 0 Å². The number of nitrogens with zero attached hydrogens (tertiary/aromatic N) is 4. The molecule has 50 heavy (non-hydrogen) atoms. The van der Waals surface area contributed by atoms with Gasteiger partial charge in [0.25, 0.3) is 11.8 Å². The lowest BCUT2D eigenvalue weighted by molar-refractivity contribution is -0.134. The molecule has 3 aliphatic rings. The minimum Gasteiger partial charge on any atom is -0.484 e. The van der Waals surface area contributed by atoms with Crippen molar-refractivity contribution in [2.75, 3.05) is 46.0 Å². The van der Waals surface area contributed by atoms with Crippen LogP contribution in [0.25, 0.3) is 11.3 Å². The van der Waals surface area contributed by atoms with Gasteiger partial charge in [-0.2, -0.15) is 0 Å². The summed E-state index contributed by atoms with van der Waals surface area (Å²) in [6.07, 6.45) is 1.36. The monoisotopic (exact) mass is 675 g/mol. The number of aromatic nitrogens is 1. The number of fused-ring (bicyclic) bond motifs is 2. The number of ether oxygens (including phenoxy) is 2. The molecule has 3 amide bonds. The Balaban J connectivity index is 1.28. The molecule has 0 aliphatic carbocycles. The van der Waals surface area contributed by atoms with Crippen LogP contribution in [0.3, 0.4) is 0 Å². The molecule has 0 spiro atoms. The van der Waals surface area contributed by atoms with Crippen molar-refractivity contribution in [2.24, 2.45) is 5.73 Å². The maximum absolute atomic E-state index is 15.2. The predicted molar refractivity (Wildman–Crippen MR) is 191 cm³/mol. The molecule has 3 aromatic carbocycles. The van der Waals surface area contributed by atoms with Crippen LogP contribution in [-0.2, 0) is 35.5 Å². The molecule has 1 fully saturated rings. The first-order valence-electron chi connectivity index (χ1n) is 17.5. The minimum absolute atomic E-state index is 0.0555. The second-order valence-electron chi connectivity index (χ2n) is 13.7. The van der Waals surface area contributed by atoms with Crippen LogP contribution in [-0.4, -0.2) is 89.2 Å². The van der Waals surface area contributed by atoms with Gasteiger partial charge in [-0.3, -0.25) is 19.1 Å². The van der Waals surface area contributed by atoms with Crippen molar-refractivity contribution in [3.05, 3.63) is 111 Å². The quantitative estimate of drug-likeness (QED) is 0.300. The molecule has 0 unspecified atom stereocenters. The Morgan fingerprint density at radius 2 is 1.56 bits per heavy atom. The summed E-state index contributed by atoms with van der Waals surface area (Å²) < 4.78 is 12.9. The zero-order chi connectivity index (χ0) is 34.9. The van der Waals surface area contributed by atoms with Crippen molar-refractivity contribution in [2.45, 2.75) is 52.7 Å². The smallest absolute Gasteiger partial charge is 0.323 e. The summed E-state index contributed by atoms with van der Waals surface area (Å²) in [5, 5.41) is 0. The molecule has 1 saturated heterocycles. The molecule has 4 aromatic rings. The van der Waals surface area contributed by atoms with Crippen LogP contribution in [0.15, 0.2) is 66.7 Å². The fraction of sp³-hybridized carbons (Fsp3) is 0.375. The third-order valence-corrected chi connectivity index (χ3v) is 10.7. The van der Waals surface area contributed by atoms with Gasteiger partial charge in [-0.15, -0.1) is 0 Å². The number of carbonyl (C=O) groups excluding carboxylic acids is 3. The molecule has 260 valence electrons. The van der Waals surface area contributed by atoms with Crippen molar-refractivity contribution in [1.82, 2.24) is 19.3 Å². The van der Waals surface area contributed by atoms with E-state index in [-0.39, 0.29) is 24.5 Å². The van der Waals surface area contributed by atoms with Crippen LogP contribution in [0.1, 0.15) is 49.4 Å². The number of amides is 3. The van der Waals surface area contributed by atoms with Gasteiger partial charge in [0.2, 0.25) is 0 Å². The standard InChI is InChI=1S/C40H45N5O5/c1-26-27(2)38(45(28(26)3)40(41)48)35-20-30-13-14-43(37(46)25-50-34-11-5-4-6-12-34)22-32(30)21-36(35)39(47)44-23-31-10-8-7-9-29(31)19-33(44)24-42-15-17-49-18-16-42/h4-12,20-21,33H,13-19,22-25H2,1-3H3,(H2,41,48)/t33-/m0/s1. The van der Waals surface area contributed by atoms with Crippen molar-refractivity contribution < 1.29 is 23.9 Å². The Bertz CT molecular complexity index is 1930. The highest BCUT2D eigenvalue weighted by atomic mass is 16.5. The van der Waals surface area contributed by atoms with Gasteiger partial charge < -0.3 is 25.0 Å². The molecule has 4 heterocycles. The molecular formula is C40H45N5O5. The van der Waals surface area contributed by atoms with E-state index in [0.717, 1.165) is 59.6 Å². The number of nitrogens with two attached hydrogens (primary N) is 1. The van der Waals surface area contributed by atoms with Gasteiger partial charge in [0.15, 0.2) is 6.61 Å². The number of hydrogen-bond acceptors (Lipinski definition) is 6. The van der Waals surface area contributed by atoms with Crippen LogP contribution in [0, 0.1) is 20.8 Å². The van der Waals surface area contributed by atoms with Gasteiger partial charge in [0.1, 0.15) is 5.75 Å². The largest absolute Gasteiger partial charge is 0.484 e. The van der Waals surface area contributed by atoms with Crippen LogP contribution < -0.4 is 10.5 Å². The molecule has 0 saturated carbocycles. The lowest BCUT2D eigenvalue weighted by atomic mass is 9.88. The van der Waals surface area contributed by atoms with E-state index in [9.17, 15) is 9.59 Å². The number of rotatable bonds is 7. The first-order chi connectivity index (χ1) is 24.2. The summed E-state index contributed by atoms with van der Waals surface area (Å²) in [5.41, 5.74) is 14.8. The summed E-state index contributed by atoms with van der Waals surface area (Å²) >= 11 is 0. The molecular weight excluding hydrogens is 630 g/mol. The number of morpholine rings is 1. The first-order valence-corrected chi connectivity index (χ1v) is 17.5. The van der Waals surface area contributed by atoms with E-state index in [1.165, 1.54) is 5.56 Å². The zero-order valence-corrected chi connectivity index (χ0v) is 29.1. The van der Waals surface area contributed by atoms with E-state index in [0.29, 0.717) is 61.8 Å². The summed E-state index contributed by atoms with van der Waals surface area (Å²) in [4.78, 5) is 47.7. The summed E-state index contributed by atoms with van der Waals surface area (Å²) in [6.45, 7) is 10.9. The Morgan fingerprint density at radius 3 is 2.30 bits per heavy atom. The van der Waals surface area contributed by atoms with Gasteiger partial charge in [-0.25, -0.2) is 4.79 Å². The fourth-order valence-electron chi connectivity index (χ4n) is 7.72. The number of para-hydroxylation sites is 1. The molecule has 1 aromatic heterocycles. The summed E-state index contributed by atoms with van der Waals surface area (Å²) in [5.74, 6) is 0.432. The van der Waals surface area contributed by atoms with E-state index in [4.69, 9.17) is 15.2 Å². The first kappa shape index (κ1) is 33.6. The molecule has 2 N–H and O–H groups in total. The van der Waals surface area contributed by atoms with E-state index in [1.807, 2.05) is 68.1 Å². The van der Waals surface area contributed by atoms with Crippen molar-refractivity contribution in [3.63, 3.8) is 0 Å². The van der Waals surface area contributed by atoms with Crippen LogP contribution in [0.2, 0.25) is 0 Å². The summed E-state index contributed by atoms with van der Waals surface area (Å²) in [7, 11) is 0. The SMILES string of the molecule is Cc1c(C)c(-c2cc3c(cc2C(=O)N2Cc4ccccc4C[C@H]2CN2CCOCC2)CN(C(=O)COc2ccccc2)CC3)n(C(N)=O)c1C. The Hall–Kier alpha value is -4.93. The van der Waals surface area contributed by atoms with Gasteiger partial charge in [-0.05, 0) is 91.3 Å². The third-order valence-electron chi connectivity index (χ3n) is 10.7. The Morgan fingerprint density at radius 1 is 0.840 bits per heavy atom. The Kier molecular flexibility index (Phi) is 9.48. The molecule has 0 bridgehead atoms. The van der Waals surface area contributed by atoms with Crippen LogP contribution >= 0.6 is 0 Å². The lowest BCUT2D eigenvalue weighted by Gasteiger charge is -2.41. The lowest BCUT2D eigenvalue weighted by Crippen LogP contribution is -2.52. The van der Waals surface area contributed by atoms with Gasteiger partial charge in [0.05, 0.1) is 18.9 Å². The van der Waals surface area contributed by atoms with Gasteiger partial charge in [0, 0.05) is 62.1 Å². The second-order valence-corrected chi connectivity index (χ2v) is 13.7. The molecule has 3 aliphatic heterocycles. The average Bonchev–Trinajstić information content (AvgIpc) is 3.37. The second kappa shape index (κ2) is 14.1. The number of benzene rings is 3. The molecule has 7 rings (SSSR count). The maximum atomic E-state index is 15.2. The van der Waals surface area contributed by atoms with Crippen LogP contribution in [0.4, 0.5) is 4.79 Å². The zero-order valence-electron chi connectivity index (χ0n) is 29.1. The number of primary amides is 1. The highest BCUT2D eigenvalue weighted by Crippen LogP contribution is 2.38. The topological polar surface area (TPSA) is 110 Å². The van der Waals surface area contributed by atoms with Gasteiger partial charge >= 0.3 is 6.03 Å². The number of carbonyl (C=O) groups is 3. The molecule has 1 atom stereocenters. The number of hydrogen-bond donors (Lipinski definition) is 1. The van der Waals surface area contributed by atoms with E-state index in [1.54, 1.807) is 9.47 Å². The molecule has 0 radical (unpaired) electrons. The van der Waals surface area contributed by atoms with Crippen LogP contribution in [0.5, 0.6) is 5.75 Å². The van der Waals surface area contributed by atoms with Gasteiger partial charge in [-0.1, -0.05) is 42.5 Å². The summed E-state index contributed by atoms with van der Waals surface area (Å²) in [6, 6.07) is 21.0. The fourth-order valence-corrected chi connectivity index (χ4v) is 7.72. The molecule has 10 heteroatoms. The highest BCUT2D eigenvalue weighted by Gasteiger charge is 2.35. The van der Waals surface area contributed by atoms with E-state index >= 15 is 4.79 Å². The minimum atomic E-state index is -0.586. The molecule has 10 nitrogen and oxygen atoms in total. The van der Waals surface area contributed by atoms with Crippen molar-refractivity contribution in [3.8, 4) is 17.0 Å². The predicted octanol–water partition coefficient (Wildman–Crippen LogP) is 4.87. The normalized spacial score (nSPS) is 17.6.